The first-order valence-electron chi connectivity index (χ1n) is 3.97. The largest absolute Gasteiger partial charge is 0.465 e. The van der Waals surface area contributed by atoms with E-state index >= 15 is 0 Å². The molecule has 1 unspecified atom stereocenters. The van der Waals surface area contributed by atoms with E-state index in [1.54, 1.807) is 6.08 Å². The zero-order chi connectivity index (χ0) is 8.69. The average molecular weight is 156 g/mol. The van der Waals surface area contributed by atoms with Crippen LogP contribution in [0.3, 0.4) is 0 Å². The van der Waals surface area contributed by atoms with E-state index in [1.165, 1.54) is 0 Å². The van der Waals surface area contributed by atoms with Crippen molar-refractivity contribution in [2.45, 2.75) is 26.7 Å². The first kappa shape index (κ1) is 10.2. The van der Waals surface area contributed by atoms with Gasteiger partial charge in [0.25, 0.3) is 0 Å². The maximum Gasteiger partial charge on any atom is 0.309 e. The molecular weight excluding hydrogens is 140 g/mol. The summed E-state index contributed by atoms with van der Waals surface area (Å²) in [4.78, 5) is 10.8. The summed E-state index contributed by atoms with van der Waals surface area (Å²) in [6.45, 7) is 8.11. The van der Waals surface area contributed by atoms with Crippen LogP contribution in [0.15, 0.2) is 12.7 Å². The fourth-order valence-electron chi connectivity index (χ4n) is 0.530. The molecule has 0 amide bonds. The fraction of sp³-hybridized carbons (Fsp3) is 0.667. The molecule has 0 saturated carbocycles. The molecule has 0 aliphatic rings. The maximum atomic E-state index is 10.8. The van der Waals surface area contributed by atoms with Crippen LogP contribution in [0.1, 0.15) is 26.7 Å². The minimum absolute atomic E-state index is 0.180. The van der Waals surface area contributed by atoms with Gasteiger partial charge in [0.05, 0.1) is 13.0 Å². The van der Waals surface area contributed by atoms with Crippen LogP contribution < -0.4 is 0 Å². The van der Waals surface area contributed by atoms with Gasteiger partial charge in [0.15, 0.2) is 0 Å². The summed E-state index contributed by atoms with van der Waals surface area (Å²) < 4.78 is 4.92. The highest BCUT2D eigenvalue weighted by molar-refractivity contribution is 5.70. The van der Waals surface area contributed by atoms with Crippen molar-refractivity contribution in [2.24, 2.45) is 5.92 Å². The molecule has 0 N–H and O–H groups in total. The van der Waals surface area contributed by atoms with Gasteiger partial charge in [0, 0.05) is 0 Å². The molecule has 0 aliphatic carbocycles. The number of carbonyl (C=O) groups excluding carboxylic acids is 1. The van der Waals surface area contributed by atoms with E-state index in [1.807, 2.05) is 0 Å². The molecule has 0 aromatic rings. The van der Waals surface area contributed by atoms with Gasteiger partial charge in [-0.25, -0.2) is 0 Å². The first-order chi connectivity index (χ1) is 5.20. The number of carbonyl (C=O) groups is 1. The lowest BCUT2D eigenvalue weighted by Crippen LogP contribution is -2.10. The topological polar surface area (TPSA) is 26.3 Å². The zero-order valence-electron chi connectivity index (χ0n) is 7.30. The Morgan fingerprint density at radius 1 is 1.73 bits per heavy atom. The van der Waals surface area contributed by atoms with Crippen molar-refractivity contribution in [2.75, 3.05) is 6.61 Å². The zero-order valence-corrected chi connectivity index (χ0v) is 7.30. The Labute approximate surface area is 68.2 Å². The molecule has 64 valence electrons. The van der Waals surface area contributed by atoms with Gasteiger partial charge in [0.1, 0.15) is 0 Å². The van der Waals surface area contributed by atoms with Crippen LogP contribution in [-0.4, -0.2) is 12.6 Å². The Balaban J connectivity index is 3.37. The SMILES string of the molecule is C=CCC(=O)OCC(C)CC. The smallest absolute Gasteiger partial charge is 0.309 e. The molecule has 0 rings (SSSR count). The molecule has 0 aromatic carbocycles. The molecule has 0 radical (unpaired) electrons. The highest BCUT2D eigenvalue weighted by Gasteiger charge is 2.02. The molecular formula is C9H16O2. The van der Waals surface area contributed by atoms with E-state index < -0.39 is 0 Å². The summed E-state index contributed by atoms with van der Waals surface area (Å²) in [5.74, 6) is 0.282. The van der Waals surface area contributed by atoms with E-state index in [4.69, 9.17) is 4.74 Å². The second-order valence-corrected chi connectivity index (χ2v) is 2.69. The van der Waals surface area contributed by atoms with Crippen molar-refractivity contribution in [1.29, 1.82) is 0 Å². The number of ether oxygens (including phenoxy) is 1. The average Bonchev–Trinajstić information content (AvgIpc) is 2.01. The monoisotopic (exact) mass is 156 g/mol. The molecule has 0 heterocycles. The van der Waals surface area contributed by atoms with Crippen molar-refractivity contribution in [3.05, 3.63) is 12.7 Å². The third-order valence-corrected chi connectivity index (χ3v) is 1.54. The van der Waals surface area contributed by atoms with Gasteiger partial charge < -0.3 is 4.74 Å². The maximum absolute atomic E-state index is 10.8. The second-order valence-electron chi connectivity index (χ2n) is 2.69. The summed E-state index contributed by atoms with van der Waals surface area (Å²) in [6.07, 6.45) is 2.91. The van der Waals surface area contributed by atoms with Gasteiger partial charge in [-0.15, -0.1) is 6.58 Å². The molecule has 0 saturated heterocycles. The Bertz CT molecular complexity index is 130. The van der Waals surface area contributed by atoms with Crippen LogP contribution in [0.25, 0.3) is 0 Å². The summed E-state index contributed by atoms with van der Waals surface area (Å²) in [5, 5.41) is 0. The van der Waals surface area contributed by atoms with E-state index in [0.29, 0.717) is 18.9 Å². The van der Waals surface area contributed by atoms with Gasteiger partial charge >= 0.3 is 5.97 Å². The second kappa shape index (κ2) is 5.96. The lowest BCUT2D eigenvalue weighted by molar-refractivity contribution is -0.143. The molecule has 2 heteroatoms. The Morgan fingerprint density at radius 3 is 2.82 bits per heavy atom. The number of esters is 1. The van der Waals surface area contributed by atoms with E-state index in [-0.39, 0.29) is 5.97 Å². The van der Waals surface area contributed by atoms with Crippen LogP contribution in [0.5, 0.6) is 0 Å². The normalized spacial score (nSPS) is 12.2. The number of rotatable bonds is 5. The van der Waals surface area contributed by atoms with Crippen LogP contribution in [0.4, 0.5) is 0 Å². The third kappa shape index (κ3) is 5.64. The van der Waals surface area contributed by atoms with Crippen molar-refractivity contribution in [3.8, 4) is 0 Å². The molecule has 11 heavy (non-hydrogen) atoms. The van der Waals surface area contributed by atoms with Gasteiger partial charge in [0.2, 0.25) is 0 Å². The van der Waals surface area contributed by atoms with E-state index in [2.05, 4.69) is 20.4 Å². The lowest BCUT2D eigenvalue weighted by Gasteiger charge is -2.07. The fourth-order valence-corrected chi connectivity index (χ4v) is 0.530. The first-order valence-corrected chi connectivity index (χ1v) is 3.97. The van der Waals surface area contributed by atoms with Crippen LogP contribution in [0.2, 0.25) is 0 Å². The van der Waals surface area contributed by atoms with Crippen LogP contribution >= 0.6 is 0 Å². The molecule has 0 aromatic heterocycles. The lowest BCUT2D eigenvalue weighted by atomic mass is 10.1. The number of hydrogen-bond donors (Lipinski definition) is 0. The van der Waals surface area contributed by atoms with Crippen molar-refractivity contribution >= 4 is 5.97 Å². The summed E-state index contributed by atoms with van der Waals surface area (Å²) in [6, 6.07) is 0. The Morgan fingerprint density at radius 2 is 2.36 bits per heavy atom. The molecule has 0 aliphatic heterocycles. The van der Waals surface area contributed by atoms with Gasteiger partial charge in [-0.2, -0.15) is 0 Å². The molecule has 0 bridgehead atoms. The van der Waals surface area contributed by atoms with E-state index in [0.717, 1.165) is 6.42 Å². The minimum Gasteiger partial charge on any atom is -0.465 e. The number of hydrogen-bond acceptors (Lipinski definition) is 2. The molecule has 0 fully saturated rings. The molecule has 0 spiro atoms. The summed E-state index contributed by atoms with van der Waals surface area (Å²) >= 11 is 0. The van der Waals surface area contributed by atoms with Gasteiger partial charge in [-0.3, -0.25) is 4.79 Å². The quantitative estimate of drug-likeness (QED) is 0.450. The summed E-state index contributed by atoms with van der Waals surface area (Å²) in [7, 11) is 0. The predicted octanol–water partition coefficient (Wildman–Crippen LogP) is 2.15. The summed E-state index contributed by atoms with van der Waals surface area (Å²) in [5.41, 5.74) is 0. The van der Waals surface area contributed by atoms with Gasteiger partial charge in [-0.05, 0) is 5.92 Å². The minimum atomic E-state index is -0.180. The highest BCUT2D eigenvalue weighted by atomic mass is 16.5. The Kier molecular flexibility index (Phi) is 5.53. The predicted molar refractivity (Wildman–Crippen MR) is 45.2 cm³/mol. The highest BCUT2D eigenvalue weighted by Crippen LogP contribution is 2.01. The molecule has 1 atom stereocenters. The van der Waals surface area contributed by atoms with Gasteiger partial charge in [-0.1, -0.05) is 26.3 Å². The third-order valence-electron chi connectivity index (χ3n) is 1.54. The van der Waals surface area contributed by atoms with Crippen LogP contribution in [-0.2, 0) is 9.53 Å². The van der Waals surface area contributed by atoms with Crippen molar-refractivity contribution in [1.82, 2.24) is 0 Å². The standard InChI is InChI=1S/C9H16O2/c1-4-6-9(10)11-7-8(3)5-2/h4,8H,1,5-7H2,2-3H3. The van der Waals surface area contributed by atoms with Crippen molar-refractivity contribution in [3.63, 3.8) is 0 Å². The van der Waals surface area contributed by atoms with Crippen molar-refractivity contribution < 1.29 is 9.53 Å². The molecule has 2 nitrogen and oxygen atoms in total. The van der Waals surface area contributed by atoms with Crippen LogP contribution in [0, 0.1) is 5.92 Å². The Hall–Kier alpha value is -0.790. The van der Waals surface area contributed by atoms with E-state index in [9.17, 15) is 4.79 Å².